The number of hydrogen-bond donors (Lipinski definition) is 1. The molecule has 1 rings (SSSR count). The smallest absolute Gasteiger partial charge is 0.310 e. The molecule has 3 unspecified atom stereocenters. The molecule has 0 amide bonds. The molecule has 1 aliphatic rings. The molecule has 0 heterocycles. The minimum Gasteiger partial charge on any atom is -0.481 e. The van der Waals surface area contributed by atoms with Gasteiger partial charge < -0.3 is 9.84 Å². The summed E-state index contributed by atoms with van der Waals surface area (Å²) in [6, 6.07) is 0. The lowest BCUT2D eigenvalue weighted by atomic mass is 9.79. The maximum atomic E-state index is 12.0. The number of unbranched alkanes of at least 4 members (excludes halogenated alkanes) is 1. The van der Waals surface area contributed by atoms with Gasteiger partial charge in [0, 0.05) is 0 Å². The van der Waals surface area contributed by atoms with Crippen molar-refractivity contribution in [3.63, 3.8) is 0 Å². The van der Waals surface area contributed by atoms with Crippen LogP contribution in [0, 0.1) is 11.8 Å². The lowest BCUT2D eigenvalue weighted by molar-refractivity contribution is -0.163. The maximum absolute atomic E-state index is 12.0. The molecular formula is C14H24O4. The summed E-state index contributed by atoms with van der Waals surface area (Å²) in [5.74, 6) is -2.17. The molecule has 4 heteroatoms. The Balaban J connectivity index is 2.50. The van der Waals surface area contributed by atoms with Gasteiger partial charge in [-0.3, -0.25) is 9.59 Å². The lowest BCUT2D eigenvalue weighted by Crippen LogP contribution is -2.35. The molecule has 1 N–H and O–H groups in total. The second kappa shape index (κ2) is 7.39. The zero-order chi connectivity index (χ0) is 13.5. The summed E-state index contributed by atoms with van der Waals surface area (Å²) in [7, 11) is 0. The molecule has 1 fully saturated rings. The van der Waals surface area contributed by atoms with Gasteiger partial charge in [-0.2, -0.15) is 0 Å². The van der Waals surface area contributed by atoms with E-state index >= 15 is 0 Å². The van der Waals surface area contributed by atoms with Gasteiger partial charge in [0.1, 0.15) is 0 Å². The monoisotopic (exact) mass is 256 g/mol. The normalized spacial score (nSPS) is 25.4. The highest BCUT2D eigenvalue weighted by atomic mass is 16.5. The van der Waals surface area contributed by atoms with Gasteiger partial charge in [0.2, 0.25) is 0 Å². The third-order valence-electron chi connectivity index (χ3n) is 3.67. The number of aliphatic carboxylic acids is 1. The van der Waals surface area contributed by atoms with Crippen molar-refractivity contribution in [2.24, 2.45) is 11.8 Å². The fraction of sp³-hybridized carbons (Fsp3) is 0.857. The molecule has 0 aliphatic heterocycles. The largest absolute Gasteiger partial charge is 0.481 e. The summed E-state index contributed by atoms with van der Waals surface area (Å²) in [5.41, 5.74) is 0. The van der Waals surface area contributed by atoms with Crippen LogP contribution >= 0.6 is 0 Å². The van der Waals surface area contributed by atoms with E-state index in [0.717, 1.165) is 32.1 Å². The van der Waals surface area contributed by atoms with Gasteiger partial charge in [-0.05, 0) is 26.2 Å². The van der Waals surface area contributed by atoms with Crippen LogP contribution in [-0.2, 0) is 14.3 Å². The Morgan fingerprint density at radius 3 is 2.44 bits per heavy atom. The van der Waals surface area contributed by atoms with Gasteiger partial charge >= 0.3 is 11.9 Å². The highest BCUT2D eigenvalue weighted by Crippen LogP contribution is 2.31. The van der Waals surface area contributed by atoms with Crippen LogP contribution in [0.25, 0.3) is 0 Å². The van der Waals surface area contributed by atoms with Crippen LogP contribution in [0.1, 0.15) is 58.8 Å². The molecule has 0 bridgehead atoms. The number of carbonyl (C=O) groups is 2. The van der Waals surface area contributed by atoms with Crippen molar-refractivity contribution in [2.45, 2.75) is 64.9 Å². The van der Waals surface area contributed by atoms with E-state index in [1.807, 2.05) is 6.92 Å². The van der Waals surface area contributed by atoms with E-state index in [9.17, 15) is 9.59 Å². The molecule has 0 spiro atoms. The van der Waals surface area contributed by atoms with Crippen molar-refractivity contribution >= 4 is 11.9 Å². The van der Waals surface area contributed by atoms with Crippen LogP contribution in [0.2, 0.25) is 0 Å². The van der Waals surface area contributed by atoms with Crippen molar-refractivity contribution in [1.82, 2.24) is 0 Å². The van der Waals surface area contributed by atoms with Gasteiger partial charge in [0.05, 0.1) is 17.9 Å². The summed E-state index contributed by atoms with van der Waals surface area (Å²) >= 11 is 0. The summed E-state index contributed by atoms with van der Waals surface area (Å²) < 4.78 is 5.37. The Kier molecular flexibility index (Phi) is 6.16. The zero-order valence-corrected chi connectivity index (χ0v) is 11.4. The zero-order valence-electron chi connectivity index (χ0n) is 11.4. The van der Waals surface area contributed by atoms with Crippen LogP contribution in [0.4, 0.5) is 0 Å². The first-order valence-electron chi connectivity index (χ1n) is 6.99. The Labute approximate surface area is 109 Å². The van der Waals surface area contributed by atoms with E-state index in [0.29, 0.717) is 12.8 Å². The van der Waals surface area contributed by atoms with Crippen LogP contribution in [0.15, 0.2) is 0 Å². The molecule has 1 saturated carbocycles. The quantitative estimate of drug-likeness (QED) is 0.742. The van der Waals surface area contributed by atoms with Crippen LogP contribution in [0.3, 0.4) is 0 Å². The van der Waals surface area contributed by atoms with E-state index in [4.69, 9.17) is 9.84 Å². The fourth-order valence-electron chi connectivity index (χ4n) is 2.54. The minimum absolute atomic E-state index is 0.103. The maximum Gasteiger partial charge on any atom is 0.310 e. The first-order valence-corrected chi connectivity index (χ1v) is 6.99. The average molecular weight is 256 g/mol. The fourth-order valence-corrected chi connectivity index (χ4v) is 2.54. The van der Waals surface area contributed by atoms with Crippen LogP contribution < -0.4 is 0 Å². The van der Waals surface area contributed by atoms with Gasteiger partial charge in [-0.25, -0.2) is 0 Å². The second-order valence-electron chi connectivity index (χ2n) is 5.23. The number of ether oxygens (including phenoxy) is 1. The molecule has 0 aromatic carbocycles. The third kappa shape index (κ3) is 4.31. The Morgan fingerprint density at radius 1 is 1.28 bits per heavy atom. The summed E-state index contributed by atoms with van der Waals surface area (Å²) in [6.45, 7) is 3.97. The van der Waals surface area contributed by atoms with Crippen LogP contribution in [0.5, 0.6) is 0 Å². The van der Waals surface area contributed by atoms with E-state index in [-0.39, 0.29) is 12.1 Å². The van der Waals surface area contributed by atoms with Crippen molar-refractivity contribution < 1.29 is 19.4 Å². The first-order chi connectivity index (χ1) is 8.56. The second-order valence-corrected chi connectivity index (χ2v) is 5.23. The van der Waals surface area contributed by atoms with Gasteiger partial charge in [0.15, 0.2) is 0 Å². The number of rotatable bonds is 6. The lowest BCUT2D eigenvalue weighted by Gasteiger charge is -2.27. The standard InChI is InChI=1S/C14H24O4/c1-3-4-7-10(2)18-14(17)12-9-6-5-8-11(12)13(15)16/h10-12H,3-9H2,1-2H3,(H,15,16). The molecule has 18 heavy (non-hydrogen) atoms. The number of hydrogen-bond acceptors (Lipinski definition) is 3. The molecule has 0 aromatic heterocycles. The number of carbonyl (C=O) groups excluding carboxylic acids is 1. The van der Waals surface area contributed by atoms with Crippen LogP contribution in [-0.4, -0.2) is 23.1 Å². The topological polar surface area (TPSA) is 63.6 Å². The van der Waals surface area contributed by atoms with E-state index in [2.05, 4.69) is 6.92 Å². The average Bonchev–Trinajstić information content (AvgIpc) is 2.36. The van der Waals surface area contributed by atoms with Crippen molar-refractivity contribution in [3.8, 4) is 0 Å². The molecule has 4 nitrogen and oxygen atoms in total. The molecule has 3 atom stereocenters. The summed E-state index contributed by atoms with van der Waals surface area (Å²) in [6.07, 6.45) is 5.92. The summed E-state index contributed by atoms with van der Waals surface area (Å²) in [4.78, 5) is 23.1. The molecule has 0 aromatic rings. The Hall–Kier alpha value is -1.06. The molecule has 1 aliphatic carbocycles. The van der Waals surface area contributed by atoms with E-state index in [1.165, 1.54) is 0 Å². The van der Waals surface area contributed by atoms with E-state index < -0.39 is 17.8 Å². The SMILES string of the molecule is CCCCC(C)OC(=O)C1CCCCC1C(=O)O. The number of carboxylic acid groups (broad SMARTS) is 1. The molecule has 0 radical (unpaired) electrons. The van der Waals surface area contributed by atoms with Crippen molar-refractivity contribution in [2.75, 3.05) is 0 Å². The third-order valence-corrected chi connectivity index (χ3v) is 3.67. The number of carboxylic acids is 1. The Morgan fingerprint density at radius 2 is 1.89 bits per heavy atom. The highest BCUT2D eigenvalue weighted by Gasteiger charge is 2.37. The number of esters is 1. The van der Waals surface area contributed by atoms with Crippen molar-refractivity contribution in [3.05, 3.63) is 0 Å². The predicted octanol–water partition coefficient (Wildman–Crippen LogP) is 3.00. The summed E-state index contributed by atoms with van der Waals surface area (Å²) in [5, 5.41) is 9.13. The van der Waals surface area contributed by atoms with Crippen molar-refractivity contribution in [1.29, 1.82) is 0 Å². The highest BCUT2D eigenvalue weighted by molar-refractivity contribution is 5.81. The predicted molar refractivity (Wildman–Crippen MR) is 68.2 cm³/mol. The molecule has 104 valence electrons. The van der Waals surface area contributed by atoms with E-state index in [1.54, 1.807) is 0 Å². The van der Waals surface area contributed by atoms with Gasteiger partial charge in [-0.15, -0.1) is 0 Å². The molecule has 0 saturated heterocycles. The molecular weight excluding hydrogens is 232 g/mol. The minimum atomic E-state index is -0.863. The first kappa shape index (κ1) is 15.0. The van der Waals surface area contributed by atoms with Gasteiger partial charge in [0.25, 0.3) is 0 Å². The Bertz CT molecular complexity index is 288. The van der Waals surface area contributed by atoms with Gasteiger partial charge in [-0.1, -0.05) is 32.6 Å².